The van der Waals surface area contributed by atoms with Gasteiger partial charge in [0.15, 0.2) is 0 Å². The third-order valence-corrected chi connectivity index (χ3v) is 4.80. The molecule has 152 valence electrons. The Balaban J connectivity index is 1.85. The highest BCUT2D eigenvalue weighted by molar-refractivity contribution is 6.03. The van der Waals surface area contributed by atoms with Gasteiger partial charge in [-0.25, -0.2) is 9.36 Å². The normalized spacial score (nSPS) is 15.8. The number of aliphatic hydroxyl groups is 1. The van der Waals surface area contributed by atoms with Gasteiger partial charge in [-0.3, -0.25) is 9.69 Å². The zero-order valence-electron chi connectivity index (χ0n) is 16.9. The summed E-state index contributed by atoms with van der Waals surface area (Å²) in [5.74, 6) is -0.163. The number of aliphatic hydroxyl groups excluding tert-OH is 1. The molecule has 2 aromatic rings. The Labute approximate surface area is 165 Å². The predicted molar refractivity (Wildman–Crippen MR) is 108 cm³/mol. The fourth-order valence-electron chi connectivity index (χ4n) is 3.45. The van der Waals surface area contributed by atoms with Crippen LogP contribution in [0.15, 0.2) is 30.3 Å². The molecule has 7 heteroatoms. The Kier molecular flexibility index (Phi) is 6.05. The van der Waals surface area contributed by atoms with E-state index < -0.39 is 11.7 Å². The molecule has 2 heterocycles. The summed E-state index contributed by atoms with van der Waals surface area (Å²) in [5, 5.41) is 9.81. The molecule has 7 nitrogen and oxygen atoms in total. The first kappa shape index (κ1) is 20.4. The van der Waals surface area contributed by atoms with Gasteiger partial charge in [0.2, 0.25) is 0 Å². The van der Waals surface area contributed by atoms with Gasteiger partial charge in [0.25, 0.3) is 5.91 Å². The Morgan fingerprint density at radius 1 is 1.11 bits per heavy atom. The van der Waals surface area contributed by atoms with Gasteiger partial charge in [-0.15, -0.1) is 0 Å². The number of nitrogens with zero attached hydrogens (tertiary/aromatic N) is 3. The maximum absolute atomic E-state index is 13.2. The monoisotopic (exact) mass is 387 g/mol. The van der Waals surface area contributed by atoms with Crippen LogP contribution in [-0.4, -0.2) is 76.4 Å². The van der Waals surface area contributed by atoms with Crippen molar-refractivity contribution in [2.24, 2.45) is 0 Å². The van der Waals surface area contributed by atoms with Crippen molar-refractivity contribution in [1.82, 2.24) is 14.4 Å². The number of hydrogen-bond donors (Lipinski definition) is 1. The van der Waals surface area contributed by atoms with Gasteiger partial charge in [0.05, 0.1) is 5.52 Å². The first-order chi connectivity index (χ1) is 13.3. The van der Waals surface area contributed by atoms with Gasteiger partial charge >= 0.3 is 6.09 Å². The average Bonchev–Trinajstić information content (AvgIpc) is 3.04. The lowest BCUT2D eigenvalue weighted by atomic mass is 10.2. The second kappa shape index (κ2) is 8.32. The zero-order valence-corrected chi connectivity index (χ0v) is 16.9. The molecular weight excluding hydrogens is 358 g/mol. The van der Waals surface area contributed by atoms with Crippen molar-refractivity contribution >= 4 is 22.9 Å². The van der Waals surface area contributed by atoms with Gasteiger partial charge in [-0.05, 0) is 39.3 Å². The summed E-state index contributed by atoms with van der Waals surface area (Å²) in [5.41, 5.74) is 0.349. The number of carbonyl (C=O) groups excluding carboxylic acids is 2. The number of para-hydroxylation sites is 1. The minimum absolute atomic E-state index is 0.163. The lowest BCUT2D eigenvalue weighted by molar-refractivity contribution is 0.0505. The van der Waals surface area contributed by atoms with Gasteiger partial charge in [-0.1, -0.05) is 18.2 Å². The smallest absolute Gasteiger partial charge is 0.419 e. The van der Waals surface area contributed by atoms with Crippen LogP contribution in [0.3, 0.4) is 0 Å². The van der Waals surface area contributed by atoms with Gasteiger partial charge < -0.3 is 14.7 Å². The summed E-state index contributed by atoms with van der Waals surface area (Å²) in [6, 6.07) is 9.20. The fourth-order valence-corrected chi connectivity index (χ4v) is 3.45. The molecule has 1 aromatic carbocycles. The zero-order chi connectivity index (χ0) is 20.3. The summed E-state index contributed by atoms with van der Waals surface area (Å²) in [7, 11) is 0. The van der Waals surface area contributed by atoms with Crippen LogP contribution >= 0.6 is 0 Å². The van der Waals surface area contributed by atoms with E-state index in [2.05, 4.69) is 4.90 Å². The van der Waals surface area contributed by atoms with Crippen LogP contribution in [0.1, 0.15) is 37.7 Å². The molecular formula is C21H29N3O4. The standard InChI is InChI=1S/C21H29N3O4/c1-21(2,3)28-20(27)24-17-8-5-4-7-16(17)15-18(24)19(26)23-12-10-22(11-13-23)9-6-14-25/h4-5,7-8,15,25H,6,9-14H2,1-3H3. The van der Waals surface area contributed by atoms with Gasteiger partial charge in [0.1, 0.15) is 11.3 Å². The molecule has 1 amide bonds. The van der Waals surface area contributed by atoms with Crippen molar-refractivity contribution in [3.05, 3.63) is 36.0 Å². The third kappa shape index (κ3) is 4.54. The highest BCUT2D eigenvalue weighted by Gasteiger charge is 2.29. The summed E-state index contributed by atoms with van der Waals surface area (Å²) in [6.07, 6.45) is 0.194. The minimum atomic E-state index is -0.652. The highest BCUT2D eigenvalue weighted by Crippen LogP contribution is 2.23. The van der Waals surface area contributed by atoms with Crippen LogP contribution in [0.25, 0.3) is 10.9 Å². The molecule has 0 spiro atoms. The van der Waals surface area contributed by atoms with Crippen LogP contribution in [-0.2, 0) is 4.74 Å². The third-order valence-electron chi connectivity index (χ3n) is 4.80. The molecule has 0 saturated carbocycles. The van der Waals surface area contributed by atoms with E-state index in [0.717, 1.165) is 31.4 Å². The summed E-state index contributed by atoms with van der Waals surface area (Å²) in [6.45, 7) is 9.15. The van der Waals surface area contributed by atoms with E-state index in [1.54, 1.807) is 11.0 Å². The first-order valence-electron chi connectivity index (χ1n) is 9.76. The molecule has 1 saturated heterocycles. The second-order valence-corrected chi connectivity index (χ2v) is 8.12. The molecule has 1 fully saturated rings. The molecule has 0 radical (unpaired) electrons. The molecule has 28 heavy (non-hydrogen) atoms. The maximum Gasteiger partial charge on any atom is 0.419 e. The number of fused-ring (bicyclic) bond motifs is 1. The van der Waals surface area contributed by atoms with E-state index in [4.69, 9.17) is 9.84 Å². The number of piperazine rings is 1. The van der Waals surface area contributed by atoms with Crippen molar-refractivity contribution in [3.63, 3.8) is 0 Å². The first-order valence-corrected chi connectivity index (χ1v) is 9.76. The van der Waals surface area contributed by atoms with E-state index >= 15 is 0 Å². The Hall–Kier alpha value is -2.38. The predicted octanol–water partition coefficient (Wildman–Crippen LogP) is 2.56. The maximum atomic E-state index is 13.2. The quantitative estimate of drug-likeness (QED) is 0.873. The summed E-state index contributed by atoms with van der Waals surface area (Å²) >= 11 is 0. The van der Waals surface area contributed by atoms with Gasteiger partial charge in [-0.2, -0.15) is 0 Å². The lowest BCUT2D eigenvalue weighted by Gasteiger charge is -2.34. The number of rotatable bonds is 4. The Morgan fingerprint density at radius 2 is 1.79 bits per heavy atom. The van der Waals surface area contributed by atoms with E-state index in [1.807, 2.05) is 45.0 Å². The average molecular weight is 387 g/mol. The molecule has 0 unspecified atom stereocenters. The van der Waals surface area contributed by atoms with Crippen LogP contribution < -0.4 is 0 Å². The van der Waals surface area contributed by atoms with Crippen molar-refractivity contribution < 1.29 is 19.4 Å². The topological polar surface area (TPSA) is 75.0 Å². The minimum Gasteiger partial charge on any atom is -0.443 e. The van der Waals surface area contributed by atoms with E-state index in [-0.39, 0.29) is 12.5 Å². The summed E-state index contributed by atoms with van der Waals surface area (Å²) < 4.78 is 6.94. The second-order valence-electron chi connectivity index (χ2n) is 8.12. The number of aromatic nitrogens is 1. The van der Waals surface area contributed by atoms with Crippen molar-refractivity contribution in [2.45, 2.75) is 32.8 Å². The highest BCUT2D eigenvalue weighted by atomic mass is 16.6. The largest absolute Gasteiger partial charge is 0.443 e. The van der Waals surface area contributed by atoms with Crippen molar-refractivity contribution in [2.75, 3.05) is 39.3 Å². The summed E-state index contributed by atoms with van der Waals surface area (Å²) in [4.78, 5) is 30.1. The number of benzene rings is 1. The molecule has 1 N–H and O–H groups in total. The lowest BCUT2D eigenvalue weighted by Crippen LogP contribution is -2.49. The van der Waals surface area contributed by atoms with Crippen molar-refractivity contribution in [1.29, 1.82) is 0 Å². The van der Waals surface area contributed by atoms with E-state index in [9.17, 15) is 9.59 Å². The number of ether oxygens (including phenoxy) is 1. The number of carbonyl (C=O) groups is 2. The molecule has 0 bridgehead atoms. The molecule has 0 aliphatic carbocycles. The van der Waals surface area contributed by atoms with Crippen LogP contribution in [0.4, 0.5) is 4.79 Å². The number of amides is 1. The van der Waals surface area contributed by atoms with Crippen LogP contribution in [0, 0.1) is 0 Å². The van der Waals surface area contributed by atoms with E-state index in [0.29, 0.717) is 24.3 Å². The fraction of sp³-hybridized carbons (Fsp3) is 0.524. The molecule has 1 aromatic heterocycles. The van der Waals surface area contributed by atoms with Gasteiger partial charge in [0, 0.05) is 44.7 Å². The molecule has 1 aliphatic heterocycles. The van der Waals surface area contributed by atoms with Crippen LogP contribution in [0.2, 0.25) is 0 Å². The Bertz CT molecular complexity index is 845. The van der Waals surface area contributed by atoms with Crippen LogP contribution in [0.5, 0.6) is 0 Å². The van der Waals surface area contributed by atoms with Crippen molar-refractivity contribution in [3.8, 4) is 0 Å². The molecule has 3 rings (SSSR count). The van der Waals surface area contributed by atoms with E-state index in [1.165, 1.54) is 4.57 Å². The number of hydrogen-bond acceptors (Lipinski definition) is 5. The Morgan fingerprint density at radius 3 is 2.43 bits per heavy atom. The molecule has 0 atom stereocenters. The molecule has 1 aliphatic rings. The SMILES string of the molecule is CC(C)(C)OC(=O)n1c(C(=O)N2CCN(CCCO)CC2)cc2ccccc21.